The smallest absolute Gasteiger partial charge is 0.0138 e. The summed E-state index contributed by atoms with van der Waals surface area (Å²) >= 11 is 2.60. The Morgan fingerprint density at radius 3 is 2.33 bits per heavy atom. The molecule has 0 nitrogen and oxygen atoms in total. The highest BCUT2D eigenvalue weighted by molar-refractivity contribution is 14.1. The fourth-order valence-corrected chi connectivity index (χ4v) is 2.67. The molecule has 0 saturated heterocycles. The van der Waals surface area contributed by atoms with Gasteiger partial charge >= 0.3 is 0 Å². The third kappa shape index (κ3) is 1.82. The Morgan fingerprint density at radius 2 is 1.89 bits per heavy atom. The molecule has 0 bridgehead atoms. The molecule has 0 heterocycles. The van der Waals surface area contributed by atoms with Gasteiger partial charge in [-0.3, -0.25) is 0 Å². The van der Waals surface area contributed by atoms with Gasteiger partial charge in [-0.1, -0.05) is 49.3 Å². The summed E-state index contributed by atoms with van der Waals surface area (Å²) < 4.78 is 0.950. The van der Waals surface area contributed by atoms with Gasteiger partial charge in [-0.2, -0.15) is 0 Å². The van der Waals surface area contributed by atoms with E-state index < -0.39 is 0 Å². The molecule has 0 radical (unpaired) electrons. The lowest BCUT2D eigenvalue weighted by atomic mass is 9.82. The fraction of sp³-hybridized carbons (Fsp3) is 1.00. The van der Waals surface area contributed by atoms with Crippen LogP contribution in [0.3, 0.4) is 0 Å². The van der Waals surface area contributed by atoms with Crippen molar-refractivity contribution >= 4 is 22.6 Å². The molecule has 3 atom stereocenters. The third-order valence-electron chi connectivity index (χ3n) is 2.61. The average Bonchev–Trinajstić information content (AvgIpc) is 1.83. The minimum Gasteiger partial charge on any atom is -0.0823 e. The standard InChI is InChI=1S/C8H15I/c1-6-4-3-5-8(9)7(6)2/h6-8H,3-5H2,1-2H3/t6-,7-,8?/m0/s1. The maximum atomic E-state index is 2.60. The van der Waals surface area contributed by atoms with Crippen molar-refractivity contribution in [1.29, 1.82) is 0 Å². The van der Waals surface area contributed by atoms with Crippen LogP contribution in [0.1, 0.15) is 33.1 Å². The van der Waals surface area contributed by atoms with E-state index in [0.717, 1.165) is 15.8 Å². The second-order valence-electron chi connectivity index (χ2n) is 3.28. The first-order chi connectivity index (χ1) is 4.22. The van der Waals surface area contributed by atoms with E-state index in [0.29, 0.717) is 0 Å². The maximum Gasteiger partial charge on any atom is 0.0138 e. The molecule has 1 saturated carbocycles. The Morgan fingerprint density at radius 1 is 1.22 bits per heavy atom. The lowest BCUT2D eigenvalue weighted by molar-refractivity contribution is 0.295. The van der Waals surface area contributed by atoms with E-state index in [9.17, 15) is 0 Å². The largest absolute Gasteiger partial charge is 0.0823 e. The summed E-state index contributed by atoms with van der Waals surface area (Å²) in [5.41, 5.74) is 0. The molecule has 1 heteroatoms. The van der Waals surface area contributed by atoms with Crippen LogP contribution < -0.4 is 0 Å². The van der Waals surface area contributed by atoms with Crippen LogP contribution in [0.4, 0.5) is 0 Å². The Hall–Kier alpha value is 0.730. The summed E-state index contributed by atoms with van der Waals surface area (Å²) in [5, 5.41) is 0. The quantitative estimate of drug-likeness (QED) is 0.449. The van der Waals surface area contributed by atoms with Gasteiger partial charge in [0.2, 0.25) is 0 Å². The fourth-order valence-electron chi connectivity index (χ4n) is 1.52. The van der Waals surface area contributed by atoms with Crippen molar-refractivity contribution in [2.75, 3.05) is 0 Å². The van der Waals surface area contributed by atoms with Gasteiger partial charge in [0.05, 0.1) is 0 Å². The molecule has 0 amide bonds. The van der Waals surface area contributed by atoms with Gasteiger partial charge in [-0.25, -0.2) is 0 Å². The number of hydrogen-bond acceptors (Lipinski definition) is 0. The number of alkyl halides is 1. The van der Waals surface area contributed by atoms with Crippen molar-refractivity contribution in [2.45, 2.75) is 37.0 Å². The summed E-state index contributed by atoms with van der Waals surface area (Å²) in [4.78, 5) is 0. The second-order valence-corrected chi connectivity index (χ2v) is 4.88. The summed E-state index contributed by atoms with van der Waals surface area (Å²) in [6.45, 7) is 4.77. The van der Waals surface area contributed by atoms with Crippen molar-refractivity contribution in [3.63, 3.8) is 0 Å². The molecule has 9 heavy (non-hydrogen) atoms. The highest BCUT2D eigenvalue weighted by Gasteiger charge is 2.24. The van der Waals surface area contributed by atoms with Crippen LogP contribution in [0.25, 0.3) is 0 Å². The van der Waals surface area contributed by atoms with E-state index in [4.69, 9.17) is 0 Å². The van der Waals surface area contributed by atoms with Gasteiger partial charge < -0.3 is 0 Å². The lowest BCUT2D eigenvalue weighted by Gasteiger charge is -2.30. The van der Waals surface area contributed by atoms with Crippen LogP contribution in [-0.2, 0) is 0 Å². The molecule has 1 rings (SSSR count). The molecule has 1 fully saturated rings. The molecule has 1 aliphatic carbocycles. The predicted molar refractivity (Wildman–Crippen MR) is 50.0 cm³/mol. The predicted octanol–water partition coefficient (Wildman–Crippen LogP) is 3.25. The van der Waals surface area contributed by atoms with Crippen LogP contribution in [0.15, 0.2) is 0 Å². The number of halogens is 1. The molecule has 1 aliphatic rings. The van der Waals surface area contributed by atoms with Gasteiger partial charge in [0, 0.05) is 3.92 Å². The topological polar surface area (TPSA) is 0 Å². The minimum atomic E-state index is 0.950. The average molecular weight is 238 g/mol. The van der Waals surface area contributed by atoms with Crippen LogP contribution in [-0.4, -0.2) is 3.92 Å². The summed E-state index contributed by atoms with van der Waals surface area (Å²) in [6.07, 6.45) is 4.37. The molecule has 0 N–H and O–H groups in total. The van der Waals surface area contributed by atoms with E-state index in [1.807, 2.05) is 0 Å². The van der Waals surface area contributed by atoms with Crippen molar-refractivity contribution < 1.29 is 0 Å². The molecule has 0 aromatic rings. The highest BCUT2D eigenvalue weighted by Crippen LogP contribution is 2.33. The molecule has 0 aromatic heterocycles. The summed E-state index contributed by atoms with van der Waals surface area (Å²) in [7, 11) is 0. The Bertz CT molecular complexity index is 80.6. The monoisotopic (exact) mass is 238 g/mol. The number of rotatable bonds is 0. The lowest BCUT2D eigenvalue weighted by Crippen LogP contribution is -2.23. The van der Waals surface area contributed by atoms with E-state index in [1.54, 1.807) is 0 Å². The zero-order chi connectivity index (χ0) is 6.85. The Labute approximate surface area is 71.5 Å². The van der Waals surface area contributed by atoms with Gasteiger partial charge in [-0.15, -0.1) is 0 Å². The molecule has 0 aromatic carbocycles. The molecular formula is C8H15I. The van der Waals surface area contributed by atoms with Crippen LogP contribution in [0.2, 0.25) is 0 Å². The first-order valence-corrected chi connectivity index (χ1v) is 5.10. The first kappa shape index (κ1) is 7.83. The maximum absolute atomic E-state index is 2.60. The van der Waals surface area contributed by atoms with Crippen LogP contribution >= 0.6 is 22.6 Å². The van der Waals surface area contributed by atoms with Gasteiger partial charge in [0.1, 0.15) is 0 Å². The minimum absolute atomic E-state index is 0.950. The zero-order valence-electron chi connectivity index (χ0n) is 6.23. The molecule has 0 aliphatic heterocycles. The van der Waals surface area contributed by atoms with E-state index >= 15 is 0 Å². The number of hydrogen-bond donors (Lipinski definition) is 0. The highest BCUT2D eigenvalue weighted by atomic mass is 127. The van der Waals surface area contributed by atoms with Crippen molar-refractivity contribution in [3.8, 4) is 0 Å². The van der Waals surface area contributed by atoms with Gasteiger partial charge in [-0.05, 0) is 18.3 Å². The van der Waals surface area contributed by atoms with Crippen molar-refractivity contribution in [1.82, 2.24) is 0 Å². The molecule has 1 unspecified atom stereocenters. The summed E-state index contributed by atoms with van der Waals surface area (Å²) in [6, 6.07) is 0. The zero-order valence-corrected chi connectivity index (χ0v) is 8.39. The van der Waals surface area contributed by atoms with Crippen LogP contribution in [0, 0.1) is 11.8 Å². The summed E-state index contributed by atoms with van der Waals surface area (Å²) in [5.74, 6) is 1.93. The molecular weight excluding hydrogens is 223 g/mol. The molecule has 0 spiro atoms. The van der Waals surface area contributed by atoms with Crippen molar-refractivity contribution in [2.24, 2.45) is 11.8 Å². The Balaban J connectivity index is 2.41. The molecule has 54 valence electrons. The first-order valence-electron chi connectivity index (χ1n) is 3.86. The second kappa shape index (κ2) is 3.22. The van der Waals surface area contributed by atoms with E-state index in [-0.39, 0.29) is 0 Å². The normalized spacial score (nSPS) is 45.0. The van der Waals surface area contributed by atoms with E-state index in [1.165, 1.54) is 19.3 Å². The Kier molecular flexibility index (Phi) is 2.80. The SMILES string of the molecule is C[C@@H]1C(I)CCC[C@@H]1C. The van der Waals surface area contributed by atoms with Crippen molar-refractivity contribution in [3.05, 3.63) is 0 Å². The van der Waals surface area contributed by atoms with Crippen LogP contribution in [0.5, 0.6) is 0 Å². The van der Waals surface area contributed by atoms with Gasteiger partial charge in [0.15, 0.2) is 0 Å². The van der Waals surface area contributed by atoms with Gasteiger partial charge in [0.25, 0.3) is 0 Å². The third-order valence-corrected chi connectivity index (χ3v) is 4.36. The van der Waals surface area contributed by atoms with E-state index in [2.05, 4.69) is 36.4 Å².